The van der Waals surface area contributed by atoms with E-state index in [1.165, 1.54) is 11.0 Å². The fourth-order valence-electron chi connectivity index (χ4n) is 2.56. The van der Waals surface area contributed by atoms with Gasteiger partial charge in [0.2, 0.25) is 15.9 Å². The summed E-state index contributed by atoms with van der Waals surface area (Å²) >= 11 is 0. The summed E-state index contributed by atoms with van der Waals surface area (Å²) in [6, 6.07) is 3.34. The van der Waals surface area contributed by atoms with Gasteiger partial charge < -0.3 is 15.0 Å². The summed E-state index contributed by atoms with van der Waals surface area (Å²) in [5.41, 5.74) is -0.525. The molecule has 0 aromatic heterocycles. The van der Waals surface area contributed by atoms with Crippen LogP contribution in [0.15, 0.2) is 35.7 Å². The van der Waals surface area contributed by atoms with E-state index in [4.69, 9.17) is 4.74 Å². The SMILES string of the molecule is C=CC(=O)Nc1ccc(S(=O)(=O)N2CCN(C(=O)OC(C)(C)C)CC2)c(F)c1. The quantitative estimate of drug-likeness (QED) is 0.764. The highest BCUT2D eigenvalue weighted by Gasteiger charge is 2.33. The van der Waals surface area contributed by atoms with Gasteiger partial charge in [0.05, 0.1) is 0 Å². The fourth-order valence-corrected chi connectivity index (χ4v) is 4.03. The molecule has 10 heteroatoms. The summed E-state index contributed by atoms with van der Waals surface area (Å²) in [6.07, 6.45) is 0.505. The van der Waals surface area contributed by atoms with Crippen molar-refractivity contribution in [3.8, 4) is 0 Å². The first kappa shape index (κ1) is 21.8. The third-order valence-corrected chi connectivity index (χ3v) is 5.82. The average Bonchev–Trinajstić information content (AvgIpc) is 2.60. The van der Waals surface area contributed by atoms with Gasteiger partial charge in [-0.3, -0.25) is 4.79 Å². The number of carbonyl (C=O) groups excluding carboxylic acids is 2. The van der Waals surface area contributed by atoms with Crippen LogP contribution < -0.4 is 5.32 Å². The number of piperazine rings is 1. The van der Waals surface area contributed by atoms with Crippen molar-refractivity contribution in [2.75, 3.05) is 31.5 Å². The molecule has 1 aliphatic rings. The molecule has 2 amide bonds. The second-order valence-electron chi connectivity index (χ2n) is 7.21. The van der Waals surface area contributed by atoms with Crippen LogP contribution in [-0.2, 0) is 19.6 Å². The van der Waals surface area contributed by atoms with Gasteiger partial charge in [0, 0.05) is 31.9 Å². The summed E-state index contributed by atoms with van der Waals surface area (Å²) in [5, 5.41) is 2.36. The van der Waals surface area contributed by atoms with Gasteiger partial charge in [-0.05, 0) is 45.0 Å². The van der Waals surface area contributed by atoms with E-state index in [2.05, 4.69) is 11.9 Å². The van der Waals surface area contributed by atoms with Crippen LogP contribution in [0, 0.1) is 5.82 Å². The molecule has 0 spiro atoms. The van der Waals surface area contributed by atoms with E-state index in [0.29, 0.717) is 0 Å². The van der Waals surface area contributed by atoms with E-state index in [0.717, 1.165) is 22.5 Å². The van der Waals surface area contributed by atoms with E-state index in [9.17, 15) is 22.4 Å². The summed E-state index contributed by atoms with van der Waals surface area (Å²) in [4.78, 5) is 24.3. The first-order valence-corrected chi connectivity index (χ1v) is 10.1. The van der Waals surface area contributed by atoms with Crippen LogP contribution in [0.1, 0.15) is 20.8 Å². The maximum atomic E-state index is 14.4. The Morgan fingerprint density at radius 3 is 2.32 bits per heavy atom. The third-order valence-electron chi connectivity index (χ3n) is 3.89. The lowest BCUT2D eigenvalue weighted by Crippen LogP contribution is -2.51. The molecule has 0 saturated carbocycles. The Hall–Kier alpha value is -2.46. The Kier molecular flexibility index (Phi) is 6.45. The number of sulfonamides is 1. The minimum absolute atomic E-state index is 0.0238. The highest BCUT2D eigenvalue weighted by Crippen LogP contribution is 2.24. The monoisotopic (exact) mass is 413 g/mol. The van der Waals surface area contributed by atoms with E-state index in [1.54, 1.807) is 20.8 Å². The molecule has 0 unspecified atom stereocenters. The van der Waals surface area contributed by atoms with Crippen LogP contribution in [0.25, 0.3) is 0 Å². The zero-order valence-electron chi connectivity index (χ0n) is 16.1. The number of nitrogens with zero attached hydrogens (tertiary/aromatic N) is 2. The molecule has 28 heavy (non-hydrogen) atoms. The standard InChI is InChI=1S/C18H24FN3O5S/c1-5-16(23)20-13-6-7-15(14(19)12-13)28(25,26)22-10-8-21(9-11-22)17(24)27-18(2,3)4/h5-7,12H,1,8-11H2,2-4H3,(H,20,23). The van der Waals surface area contributed by atoms with Crippen LogP contribution in [0.4, 0.5) is 14.9 Å². The van der Waals surface area contributed by atoms with Gasteiger partial charge >= 0.3 is 6.09 Å². The third kappa shape index (κ3) is 5.29. The molecule has 1 aliphatic heterocycles. The number of carbonyl (C=O) groups is 2. The Labute approximate surface area is 164 Å². The van der Waals surface area contributed by atoms with Gasteiger partial charge in [-0.15, -0.1) is 0 Å². The molecule has 154 valence electrons. The predicted molar refractivity (Wildman–Crippen MR) is 102 cm³/mol. The number of rotatable bonds is 4. The van der Waals surface area contributed by atoms with Crippen molar-refractivity contribution in [3.05, 3.63) is 36.7 Å². The lowest BCUT2D eigenvalue weighted by atomic mass is 10.2. The highest BCUT2D eigenvalue weighted by molar-refractivity contribution is 7.89. The first-order valence-electron chi connectivity index (χ1n) is 8.65. The molecular weight excluding hydrogens is 389 g/mol. The van der Waals surface area contributed by atoms with E-state index in [-0.39, 0.29) is 31.9 Å². The minimum Gasteiger partial charge on any atom is -0.444 e. The van der Waals surface area contributed by atoms with Crippen molar-refractivity contribution >= 4 is 27.7 Å². The maximum absolute atomic E-state index is 14.4. The lowest BCUT2D eigenvalue weighted by molar-refractivity contribution is -0.111. The Morgan fingerprint density at radius 1 is 1.21 bits per heavy atom. The zero-order chi connectivity index (χ0) is 21.1. The number of amides is 2. The highest BCUT2D eigenvalue weighted by atomic mass is 32.2. The summed E-state index contributed by atoms with van der Waals surface area (Å²) in [6.45, 7) is 8.86. The zero-order valence-corrected chi connectivity index (χ0v) is 16.9. The molecule has 1 heterocycles. The Balaban J connectivity index is 2.09. The van der Waals surface area contributed by atoms with E-state index >= 15 is 0 Å². The number of nitrogens with one attached hydrogen (secondary N) is 1. The van der Waals surface area contributed by atoms with E-state index < -0.39 is 38.3 Å². The molecule has 8 nitrogen and oxygen atoms in total. The minimum atomic E-state index is -4.08. The summed E-state index contributed by atoms with van der Waals surface area (Å²) < 4.78 is 46.3. The topological polar surface area (TPSA) is 96.0 Å². The second-order valence-corrected chi connectivity index (χ2v) is 9.12. The normalized spacial score (nSPS) is 15.8. The molecule has 1 N–H and O–H groups in total. The summed E-state index contributed by atoms with van der Waals surface area (Å²) in [5.74, 6) is -1.51. The van der Waals surface area contributed by atoms with E-state index in [1.807, 2.05) is 0 Å². The van der Waals surface area contributed by atoms with Crippen LogP contribution in [0.5, 0.6) is 0 Å². The molecule has 0 atom stereocenters. The molecule has 0 bridgehead atoms. The van der Waals surface area contributed by atoms with Gasteiger partial charge in [-0.1, -0.05) is 6.58 Å². The number of ether oxygens (including phenoxy) is 1. The fraction of sp³-hybridized carbons (Fsp3) is 0.444. The molecule has 2 rings (SSSR count). The largest absolute Gasteiger partial charge is 0.444 e. The van der Waals surface area contributed by atoms with Gasteiger partial charge in [0.15, 0.2) is 0 Å². The van der Waals surface area contributed by atoms with Crippen LogP contribution in [-0.4, -0.2) is 61.4 Å². The van der Waals surface area contributed by atoms with Crippen molar-refractivity contribution < 1.29 is 27.1 Å². The summed E-state index contributed by atoms with van der Waals surface area (Å²) in [7, 11) is -4.08. The van der Waals surface area contributed by atoms with Gasteiger partial charge in [-0.25, -0.2) is 17.6 Å². The number of halogens is 1. The van der Waals surface area contributed by atoms with Gasteiger partial charge in [0.1, 0.15) is 16.3 Å². The number of benzene rings is 1. The molecule has 0 aliphatic carbocycles. The maximum Gasteiger partial charge on any atom is 0.410 e. The second kappa shape index (κ2) is 8.27. The molecule has 1 aromatic rings. The van der Waals surface area contributed by atoms with Crippen LogP contribution in [0.2, 0.25) is 0 Å². The van der Waals surface area contributed by atoms with Crippen molar-refractivity contribution in [1.29, 1.82) is 0 Å². The Bertz CT molecular complexity index is 872. The van der Waals surface area contributed by atoms with Gasteiger partial charge in [-0.2, -0.15) is 4.31 Å². The molecule has 1 aromatic carbocycles. The van der Waals surface area contributed by atoms with Crippen molar-refractivity contribution in [3.63, 3.8) is 0 Å². The van der Waals surface area contributed by atoms with Crippen molar-refractivity contribution in [2.45, 2.75) is 31.3 Å². The van der Waals surface area contributed by atoms with Crippen LogP contribution >= 0.6 is 0 Å². The first-order chi connectivity index (χ1) is 12.9. The lowest BCUT2D eigenvalue weighted by Gasteiger charge is -2.35. The smallest absolute Gasteiger partial charge is 0.410 e. The van der Waals surface area contributed by atoms with Gasteiger partial charge in [0.25, 0.3) is 0 Å². The molecule has 1 saturated heterocycles. The van der Waals surface area contributed by atoms with Crippen LogP contribution in [0.3, 0.4) is 0 Å². The number of hydrogen-bond acceptors (Lipinski definition) is 5. The molecule has 1 fully saturated rings. The number of hydrogen-bond donors (Lipinski definition) is 1. The predicted octanol–water partition coefficient (Wildman–Crippen LogP) is 2.19. The molecule has 0 radical (unpaired) electrons. The molecular formula is C18H24FN3O5S. The van der Waals surface area contributed by atoms with Crippen molar-refractivity contribution in [2.24, 2.45) is 0 Å². The average molecular weight is 413 g/mol. The Morgan fingerprint density at radius 2 is 1.82 bits per heavy atom. The van der Waals surface area contributed by atoms with Crippen molar-refractivity contribution in [1.82, 2.24) is 9.21 Å². The number of anilines is 1.